The van der Waals surface area contributed by atoms with Gasteiger partial charge in [-0.3, -0.25) is 14.8 Å². The number of aliphatic imine (C=N–C) groups is 1. The van der Waals surface area contributed by atoms with Crippen molar-refractivity contribution in [2.75, 3.05) is 6.61 Å². The number of aromatic nitrogens is 1. The topological polar surface area (TPSA) is 46.5 Å². The zero-order chi connectivity index (χ0) is 22.8. The Bertz CT molecular complexity index is 1350. The van der Waals surface area contributed by atoms with Crippen LogP contribution in [-0.2, 0) is 11.3 Å². The predicted octanol–water partition coefficient (Wildman–Crippen LogP) is 6.20. The van der Waals surface area contributed by atoms with Crippen molar-refractivity contribution in [2.24, 2.45) is 4.99 Å². The summed E-state index contributed by atoms with van der Waals surface area (Å²) in [5.74, 6) is 0.768. The SMILES string of the molecule is Cc1cccc(Sc2cnc3ccccc3c2C2=N[C@@H](Cc3ccc(C)cc3C)CON2)c1. The van der Waals surface area contributed by atoms with E-state index in [0.29, 0.717) is 6.61 Å². The molecule has 5 rings (SSSR count). The summed E-state index contributed by atoms with van der Waals surface area (Å²) in [6.07, 6.45) is 2.79. The van der Waals surface area contributed by atoms with E-state index in [1.807, 2.05) is 24.4 Å². The third kappa shape index (κ3) is 4.80. The van der Waals surface area contributed by atoms with Crippen LogP contribution in [0.1, 0.15) is 27.8 Å². The Kier molecular flexibility index (Phi) is 6.16. The molecule has 0 radical (unpaired) electrons. The molecule has 0 saturated carbocycles. The smallest absolute Gasteiger partial charge is 0.154 e. The van der Waals surface area contributed by atoms with E-state index in [1.165, 1.54) is 27.1 Å². The maximum absolute atomic E-state index is 5.85. The molecule has 1 aliphatic heterocycles. The molecule has 0 unspecified atom stereocenters. The molecule has 0 bridgehead atoms. The van der Waals surface area contributed by atoms with Crippen molar-refractivity contribution in [3.05, 3.63) is 101 Å². The summed E-state index contributed by atoms with van der Waals surface area (Å²) < 4.78 is 0. The normalized spacial score (nSPS) is 15.8. The number of benzene rings is 3. The molecule has 1 aliphatic rings. The fourth-order valence-electron chi connectivity index (χ4n) is 4.25. The first-order valence-corrected chi connectivity index (χ1v) is 12.0. The van der Waals surface area contributed by atoms with Gasteiger partial charge in [-0.05, 0) is 56.5 Å². The molecule has 0 saturated heterocycles. The van der Waals surface area contributed by atoms with Crippen LogP contribution >= 0.6 is 11.8 Å². The lowest BCUT2D eigenvalue weighted by atomic mass is 9.99. The number of rotatable bonds is 5. The molecule has 1 atom stereocenters. The number of hydroxylamine groups is 1. The summed E-state index contributed by atoms with van der Waals surface area (Å²) in [6.45, 7) is 6.95. The van der Waals surface area contributed by atoms with Crippen LogP contribution < -0.4 is 5.48 Å². The van der Waals surface area contributed by atoms with Crippen molar-refractivity contribution in [1.29, 1.82) is 0 Å². The highest BCUT2D eigenvalue weighted by atomic mass is 32.2. The van der Waals surface area contributed by atoms with Gasteiger partial charge in [-0.2, -0.15) is 0 Å². The Morgan fingerprint density at radius 2 is 1.82 bits per heavy atom. The van der Waals surface area contributed by atoms with E-state index in [0.717, 1.165) is 33.6 Å². The van der Waals surface area contributed by atoms with Crippen LogP contribution in [0.4, 0.5) is 0 Å². The van der Waals surface area contributed by atoms with Crippen molar-refractivity contribution in [1.82, 2.24) is 10.5 Å². The molecule has 3 aromatic carbocycles. The first-order chi connectivity index (χ1) is 16.1. The molecule has 166 valence electrons. The Morgan fingerprint density at radius 1 is 0.970 bits per heavy atom. The van der Waals surface area contributed by atoms with E-state index in [2.05, 4.69) is 74.8 Å². The predicted molar refractivity (Wildman–Crippen MR) is 136 cm³/mol. The Morgan fingerprint density at radius 3 is 2.67 bits per heavy atom. The van der Waals surface area contributed by atoms with Gasteiger partial charge in [-0.25, -0.2) is 5.48 Å². The van der Waals surface area contributed by atoms with Crippen molar-refractivity contribution >= 4 is 28.5 Å². The Labute approximate surface area is 199 Å². The number of pyridine rings is 1. The third-order valence-corrected chi connectivity index (χ3v) is 6.92. The number of para-hydroxylation sites is 1. The molecule has 5 heteroatoms. The summed E-state index contributed by atoms with van der Waals surface area (Å²) in [5, 5.41) is 1.07. The number of hydrogen-bond donors (Lipinski definition) is 1. The van der Waals surface area contributed by atoms with Gasteiger partial charge in [-0.15, -0.1) is 0 Å². The van der Waals surface area contributed by atoms with Crippen molar-refractivity contribution in [3.63, 3.8) is 0 Å². The lowest BCUT2D eigenvalue weighted by Crippen LogP contribution is -2.37. The van der Waals surface area contributed by atoms with Gasteiger partial charge in [0.1, 0.15) is 0 Å². The number of fused-ring (bicyclic) bond motifs is 1. The van der Waals surface area contributed by atoms with Crippen LogP contribution in [-0.4, -0.2) is 23.5 Å². The van der Waals surface area contributed by atoms with Crippen molar-refractivity contribution in [3.8, 4) is 0 Å². The number of aryl methyl sites for hydroxylation is 3. The van der Waals surface area contributed by atoms with Gasteiger partial charge in [0.2, 0.25) is 0 Å². The second kappa shape index (κ2) is 9.38. The molecule has 0 fully saturated rings. The van der Waals surface area contributed by atoms with Crippen LogP contribution in [0.3, 0.4) is 0 Å². The van der Waals surface area contributed by atoms with Gasteiger partial charge in [0.05, 0.1) is 18.2 Å². The lowest BCUT2D eigenvalue weighted by Gasteiger charge is -2.24. The molecule has 0 aliphatic carbocycles. The summed E-state index contributed by atoms with van der Waals surface area (Å²) in [5.41, 5.74) is 10.2. The highest BCUT2D eigenvalue weighted by molar-refractivity contribution is 7.99. The van der Waals surface area contributed by atoms with Gasteiger partial charge < -0.3 is 0 Å². The molecule has 1 aromatic heterocycles. The average molecular weight is 454 g/mol. The van der Waals surface area contributed by atoms with E-state index in [9.17, 15) is 0 Å². The van der Waals surface area contributed by atoms with E-state index < -0.39 is 0 Å². The quantitative estimate of drug-likeness (QED) is 0.391. The maximum Gasteiger partial charge on any atom is 0.154 e. The van der Waals surface area contributed by atoms with Gasteiger partial charge in [0, 0.05) is 26.9 Å². The molecule has 33 heavy (non-hydrogen) atoms. The van der Waals surface area contributed by atoms with Crippen LogP contribution in [0.2, 0.25) is 0 Å². The number of amidine groups is 1. The summed E-state index contributed by atoms with van der Waals surface area (Å²) in [6, 6.07) is 23.4. The number of hydrogen-bond acceptors (Lipinski definition) is 5. The first kappa shape index (κ1) is 21.7. The fourth-order valence-corrected chi connectivity index (χ4v) is 5.31. The highest BCUT2D eigenvalue weighted by Crippen LogP contribution is 2.34. The fraction of sp³-hybridized carbons (Fsp3) is 0.214. The minimum atomic E-state index is 0.0476. The molecular formula is C28H27N3OS. The van der Waals surface area contributed by atoms with Crippen molar-refractivity contribution in [2.45, 2.75) is 43.0 Å². The standard InChI is InChI=1S/C28H27N3OS/c1-18-7-6-8-23(14-18)33-26-16-29-25-10-5-4-9-24(25)27(26)28-30-22(17-32-31-28)15-21-12-11-19(2)13-20(21)3/h4-14,16,22H,15,17H2,1-3H3,(H,30,31)/t22-/m0/s1. The van der Waals surface area contributed by atoms with Gasteiger partial charge in [0.25, 0.3) is 0 Å². The number of nitrogens with one attached hydrogen (secondary N) is 1. The largest absolute Gasteiger partial charge is 0.272 e. The summed E-state index contributed by atoms with van der Waals surface area (Å²) >= 11 is 1.71. The molecule has 4 nitrogen and oxygen atoms in total. The van der Waals surface area contributed by atoms with Gasteiger partial charge >= 0.3 is 0 Å². The van der Waals surface area contributed by atoms with E-state index in [4.69, 9.17) is 14.8 Å². The zero-order valence-electron chi connectivity index (χ0n) is 19.1. The van der Waals surface area contributed by atoms with Crippen LogP contribution in [0.15, 0.2) is 87.7 Å². The molecule has 0 spiro atoms. The Hall–Kier alpha value is -3.15. The molecule has 0 amide bonds. The number of nitrogens with zero attached hydrogens (tertiary/aromatic N) is 2. The van der Waals surface area contributed by atoms with Crippen LogP contribution in [0.5, 0.6) is 0 Å². The van der Waals surface area contributed by atoms with E-state index in [-0.39, 0.29) is 6.04 Å². The van der Waals surface area contributed by atoms with Crippen molar-refractivity contribution < 1.29 is 4.84 Å². The Balaban J connectivity index is 1.55. The third-order valence-electron chi connectivity index (χ3n) is 5.90. The van der Waals surface area contributed by atoms with Crippen LogP contribution in [0.25, 0.3) is 10.9 Å². The zero-order valence-corrected chi connectivity index (χ0v) is 19.9. The van der Waals surface area contributed by atoms with E-state index in [1.54, 1.807) is 11.8 Å². The monoisotopic (exact) mass is 453 g/mol. The minimum absolute atomic E-state index is 0.0476. The van der Waals surface area contributed by atoms with Crippen LogP contribution in [0, 0.1) is 20.8 Å². The molecular weight excluding hydrogens is 426 g/mol. The minimum Gasteiger partial charge on any atom is -0.272 e. The molecule has 2 heterocycles. The second-order valence-corrected chi connectivity index (χ2v) is 9.73. The van der Waals surface area contributed by atoms with Gasteiger partial charge in [0.15, 0.2) is 5.84 Å². The van der Waals surface area contributed by atoms with E-state index >= 15 is 0 Å². The maximum atomic E-state index is 5.85. The van der Waals surface area contributed by atoms with Gasteiger partial charge in [-0.1, -0.05) is 71.4 Å². The first-order valence-electron chi connectivity index (χ1n) is 11.2. The summed E-state index contributed by atoms with van der Waals surface area (Å²) in [7, 11) is 0. The highest BCUT2D eigenvalue weighted by Gasteiger charge is 2.22. The average Bonchev–Trinajstić information content (AvgIpc) is 2.81. The second-order valence-electron chi connectivity index (χ2n) is 8.61. The lowest BCUT2D eigenvalue weighted by molar-refractivity contribution is 0.0623. The molecule has 4 aromatic rings. The molecule has 1 N–H and O–H groups in total. The summed E-state index contributed by atoms with van der Waals surface area (Å²) in [4.78, 5) is 17.9.